The van der Waals surface area contributed by atoms with Crippen molar-refractivity contribution in [1.29, 1.82) is 0 Å². The molecule has 0 bridgehead atoms. The van der Waals surface area contributed by atoms with Crippen molar-refractivity contribution in [2.24, 2.45) is 0 Å². The van der Waals surface area contributed by atoms with Gasteiger partial charge in [0.15, 0.2) is 12.4 Å². The van der Waals surface area contributed by atoms with Crippen LogP contribution in [0.2, 0.25) is 0 Å². The average Bonchev–Trinajstić information content (AvgIpc) is 3.06. The lowest BCUT2D eigenvalue weighted by atomic mass is 10.1. The molecular weight excluding hydrogens is 394 g/mol. The third-order valence-electron chi connectivity index (χ3n) is 5.10. The van der Waals surface area contributed by atoms with Crippen LogP contribution in [0.15, 0.2) is 78.9 Å². The van der Waals surface area contributed by atoms with Crippen molar-refractivity contribution in [1.82, 2.24) is 4.90 Å². The van der Waals surface area contributed by atoms with E-state index in [1.165, 1.54) is 23.1 Å². The predicted molar refractivity (Wildman–Crippen MR) is 113 cm³/mol. The minimum absolute atomic E-state index is 0.116. The van der Waals surface area contributed by atoms with E-state index in [4.69, 9.17) is 4.74 Å². The van der Waals surface area contributed by atoms with E-state index < -0.39 is 18.5 Å². The fourth-order valence-electron chi connectivity index (χ4n) is 3.43. The normalized spacial score (nSPS) is 12.6. The third kappa shape index (κ3) is 4.28. The van der Waals surface area contributed by atoms with Crippen molar-refractivity contribution in [2.45, 2.75) is 6.42 Å². The molecule has 31 heavy (non-hydrogen) atoms. The minimum Gasteiger partial charge on any atom is -0.454 e. The molecule has 0 N–H and O–H groups in total. The topological polar surface area (TPSA) is 80.8 Å². The molecule has 0 aliphatic carbocycles. The van der Waals surface area contributed by atoms with Crippen molar-refractivity contribution in [3.05, 3.63) is 107 Å². The highest BCUT2D eigenvalue weighted by Gasteiger charge is 2.35. The number of benzene rings is 3. The van der Waals surface area contributed by atoms with Crippen LogP contribution in [-0.2, 0) is 11.2 Å². The Hall–Kier alpha value is -4.06. The first-order valence-electron chi connectivity index (χ1n) is 9.84. The summed E-state index contributed by atoms with van der Waals surface area (Å²) in [4.78, 5) is 51.1. The average molecular weight is 413 g/mol. The van der Waals surface area contributed by atoms with Gasteiger partial charge in [0, 0.05) is 12.1 Å². The monoisotopic (exact) mass is 413 g/mol. The van der Waals surface area contributed by atoms with Crippen LogP contribution in [0.4, 0.5) is 0 Å². The molecule has 4 rings (SSSR count). The maximum atomic E-state index is 12.8. The second-order valence-corrected chi connectivity index (χ2v) is 7.12. The van der Waals surface area contributed by atoms with Crippen molar-refractivity contribution in [3.8, 4) is 0 Å². The van der Waals surface area contributed by atoms with E-state index >= 15 is 0 Å². The van der Waals surface area contributed by atoms with Gasteiger partial charge in [-0.25, -0.2) is 4.79 Å². The second-order valence-electron chi connectivity index (χ2n) is 7.12. The number of carbonyl (C=O) groups excluding carboxylic acids is 4. The SMILES string of the molecule is O=C(COC(=O)c1ccc2c(c1)C(=O)N(CCc1ccccc1)C2=O)c1ccccc1. The third-order valence-corrected chi connectivity index (χ3v) is 5.10. The fourth-order valence-corrected chi connectivity index (χ4v) is 3.43. The fraction of sp³-hybridized carbons (Fsp3) is 0.120. The molecule has 6 nitrogen and oxygen atoms in total. The molecule has 1 aliphatic heterocycles. The Balaban J connectivity index is 1.42. The largest absolute Gasteiger partial charge is 0.454 e. The maximum Gasteiger partial charge on any atom is 0.338 e. The highest BCUT2D eigenvalue weighted by molar-refractivity contribution is 6.22. The molecule has 1 heterocycles. The summed E-state index contributed by atoms with van der Waals surface area (Å²) < 4.78 is 5.10. The number of nitrogens with zero attached hydrogens (tertiary/aromatic N) is 1. The van der Waals surface area contributed by atoms with Gasteiger partial charge in [-0.15, -0.1) is 0 Å². The van der Waals surface area contributed by atoms with Gasteiger partial charge in [0.1, 0.15) is 0 Å². The van der Waals surface area contributed by atoms with Gasteiger partial charge in [0.2, 0.25) is 0 Å². The first-order chi connectivity index (χ1) is 15.0. The van der Waals surface area contributed by atoms with Crippen LogP contribution in [0.1, 0.15) is 47.0 Å². The molecule has 0 spiro atoms. The lowest BCUT2D eigenvalue weighted by molar-refractivity contribution is 0.0474. The molecule has 0 unspecified atom stereocenters. The summed E-state index contributed by atoms with van der Waals surface area (Å²) >= 11 is 0. The van der Waals surface area contributed by atoms with Gasteiger partial charge in [0.05, 0.1) is 16.7 Å². The van der Waals surface area contributed by atoms with E-state index in [1.54, 1.807) is 30.3 Å². The van der Waals surface area contributed by atoms with Gasteiger partial charge < -0.3 is 4.74 Å². The summed E-state index contributed by atoms with van der Waals surface area (Å²) in [5, 5.41) is 0. The number of ketones is 1. The Kier molecular flexibility index (Phi) is 5.71. The Morgan fingerprint density at radius 1 is 0.742 bits per heavy atom. The van der Waals surface area contributed by atoms with E-state index in [9.17, 15) is 19.2 Å². The number of imide groups is 1. The molecule has 0 aromatic heterocycles. The van der Waals surface area contributed by atoms with Crippen LogP contribution in [0.25, 0.3) is 0 Å². The molecule has 0 saturated carbocycles. The van der Waals surface area contributed by atoms with Crippen molar-refractivity contribution < 1.29 is 23.9 Å². The lowest BCUT2D eigenvalue weighted by Gasteiger charge is -2.13. The number of hydrogen-bond donors (Lipinski definition) is 0. The van der Waals surface area contributed by atoms with Crippen LogP contribution < -0.4 is 0 Å². The molecule has 0 saturated heterocycles. The van der Waals surface area contributed by atoms with Crippen molar-refractivity contribution >= 4 is 23.6 Å². The minimum atomic E-state index is -0.727. The molecule has 3 aromatic rings. The zero-order valence-corrected chi connectivity index (χ0v) is 16.6. The van der Waals surface area contributed by atoms with E-state index in [2.05, 4.69) is 0 Å². The number of carbonyl (C=O) groups is 4. The van der Waals surface area contributed by atoms with E-state index in [0.717, 1.165) is 5.56 Å². The quantitative estimate of drug-likeness (QED) is 0.336. The Bertz CT molecular complexity index is 1160. The Morgan fingerprint density at radius 3 is 2.10 bits per heavy atom. The van der Waals surface area contributed by atoms with Crippen molar-refractivity contribution in [3.63, 3.8) is 0 Å². The van der Waals surface area contributed by atoms with Crippen LogP contribution in [0, 0.1) is 0 Å². The summed E-state index contributed by atoms with van der Waals surface area (Å²) in [6, 6.07) is 22.3. The zero-order chi connectivity index (χ0) is 21.8. The summed E-state index contributed by atoms with van der Waals surface area (Å²) in [5.74, 6) is -1.87. The van der Waals surface area contributed by atoms with Gasteiger partial charge in [-0.1, -0.05) is 60.7 Å². The van der Waals surface area contributed by atoms with Gasteiger partial charge in [-0.3, -0.25) is 19.3 Å². The predicted octanol–water partition coefficient (Wildman–Crippen LogP) is 3.57. The van der Waals surface area contributed by atoms with Gasteiger partial charge >= 0.3 is 5.97 Å². The highest BCUT2D eigenvalue weighted by atomic mass is 16.5. The molecule has 0 atom stereocenters. The van der Waals surface area contributed by atoms with Crippen LogP contribution in [0.5, 0.6) is 0 Å². The Morgan fingerprint density at radius 2 is 1.39 bits per heavy atom. The molecule has 6 heteroatoms. The zero-order valence-electron chi connectivity index (χ0n) is 16.6. The lowest BCUT2D eigenvalue weighted by Crippen LogP contribution is -2.31. The summed E-state index contributed by atoms with van der Waals surface area (Å²) in [6.07, 6.45) is 0.544. The van der Waals surface area contributed by atoms with E-state index in [0.29, 0.717) is 12.0 Å². The summed E-state index contributed by atoms with van der Waals surface area (Å²) in [6.45, 7) is -0.155. The molecule has 2 amide bonds. The van der Waals surface area contributed by atoms with Crippen LogP contribution >= 0.6 is 0 Å². The second kappa shape index (κ2) is 8.75. The number of ether oxygens (including phenoxy) is 1. The molecular formula is C25H19NO5. The first-order valence-corrected chi connectivity index (χ1v) is 9.84. The van der Waals surface area contributed by atoms with E-state index in [1.807, 2.05) is 30.3 Å². The highest BCUT2D eigenvalue weighted by Crippen LogP contribution is 2.24. The standard InChI is InChI=1S/C25H19NO5/c27-22(18-9-5-2-6-10-18)16-31-25(30)19-11-12-20-21(15-19)24(29)26(23(20)28)14-13-17-7-3-1-4-8-17/h1-12,15H,13-14,16H2. The van der Waals surface area contributed by atoms with Gasteiger partial charge in [-0.05, 0) is 30.2 Å². The number of rotatable bonds is 7. The molecule has 154 valence electrons. The number of Topliss-reactive ketones (excluding diaryl/α,β-unsaturated/α-hetero) is 1. The summed E-state index contributed by atoms with van der Waals surface area (Å²) in [7, 11) is 0. The molecule has 0 fully saturated rings. The van der Waals surface area contributed by atoms with E-state index in [-0.39, 0.29) is 34.9 Å². The smallest absolute Gasteiger partial charge is 0.338 e. The molecule has 1 aliphatic rings. The van der Waals surface area contributed by atoms with Gasteiger partial charge in [-0.2, -0.15) is 0 Å². The Labute approximate surface area is 179 Å². The first kappa shape index (κ1) is 20.2. The van der Waals surface area contributed by atoms with Gasteiger partial charge in [0.25, 0.3) is 11.8 Å². The maximum absolute atomic E-state index is 12.8. The number of amides is 2. The number of esters is 1. The number of hydrogen-bond acceptors (Lipinski definition) is 5. The van der Waals surface area contributed by atoms with Crippen LogP contribution in [0.3, 0.4) is 0 Å². The van der Waals surface area contributed by atoms with Crippen LogP contribution in [-0.4, -0.2) is 41.6 Å². The van der Waals surface area contributed by atoms with Crippen molar-refractivity contribution in [2.75, 3.05) is 13.2 Å². The molecule has 3 aromatic carbocycles. The number of fused-ring (bicyclic) bond motifs is 1. The summed E-state index contributed by atoms with van der Waals surface area (Å²) in [5.41, 5.74) is 2.01. The molecule has 0 radical (unpaired) electrons.